The van der Waals surface area contributed by atoms with E-state index in [-0.39, 0.29) is 0 Å². The SMILES string of the molecule is CCCCCCCCCOC1CCC(C2CCC(CCCCCCC)CC2)CC1. The first-order valence-corrected chi connectivity index (χ1v) is 13.9. The summed E-state index contributed by atoms with van der Waals surface area (Å²) in [6.45, 7) is 5.63. The van der Waals surface area contributed by atoms with Gasteiger partial charge in [-0.1, -0.05) is 104 Å². The van der Waals surface area contributed by atoms with E-state index in [1.165, 1.54) is 135 Å². The second-order valence-corrected chi connectivity index (χ2v) is 10.5. The van der Waals surface area contributed by atoms with Crippen LogP contribution in [0.25, 0.3) is 0 Å². The van der Waals surface area contributed by atoms with Gasteiger partial charge in [-0.3, -0.25) is 0 Å². The summed E-state index contributed by atoms with van der Waals surface area (Å²) in [5.74, 6) is 3.14. The Morgan fingerprint density at radius 1 is 0.517 bits per heavy atom. The minimum atomic E-state index is 0.589. The highest BCUT2D eigenvalue weighted by Crippen LogP contribution is 2.41. The van der Waals surface area contributed by atoms with Crippen molar-refractivity contribution in [3.05, 3.63) is 0 Å². The summed E-state index contributed by atoms with van der Waals surface area (Å²) in [5, 5.41) is 0. The van der Waals surface area contributed by atoms with E-state index in [2.05, 4.69) is 13.8 Å². The van der Waals surface area contributed by atoms with Gasteiger partial charge in [0, 0.05) is 6.61 Å². The highest BCUT2D eigenvalue weighted by Gasteiger charge is 2.30. The average molecular weight is 407 g/mol. The molecule has 0 radical (unpaired) electrons. The summed E-state index contributed by atoms with van der Waals surface area (Å²) in [6.07, 6.45) is 30.8. The van der Waals surface area contributed by atoms with Crippen LogP contribution in [0, 0.1) is 17.8 Å². The first kappa shape index (κ1) is 25.2. The zero-order valence-electron chi connectivity index (χ0n) is 20.3. The van der Waals surface area contributed by atoms with Crippen molar-refractivity contribution in [2.75, 3.05) is 6.61 Å². The monoisotopic (exact) mass is 406 g/mol. The molecule has 0 aliphatic heterocycles. The predicted octanol–water partition coefficient (Wildman–Crippen LogP) is 9.48. The van der Waals surface area contributed by atoms with Gasteiger partial charge in [-0.2, -0.15) is 0 Å². The summed E-state index contributed by atoms with van der Waals surface area (Å²) in [7, 11) is 0. The average Bonchev–Trinajstić information content (AvgIpc) is 2.76. The molecule has 0 aromatic heterocycles. The Kier molecular flexibility index (Phi) is 14.5. The fourth-order valence-electron chi connectivity index (χ4n) is 6.02. The van der Waals surface area contributed by atoms with Crippen molar-refractivity contribution in [1.82, 2.24) is 0 Å². The van der Waals surface area contributed by atoms with Crippen molar-refractivity contribution in [1.29, 1.82) is 0 Å². The molecule has 2 saturated carbocycles. The highest BCUT2D eigenvalue weighted by atomic mass is 16.5. The first-order chi connectivity index (χ1) is 14.3. The van der Waals surface area contributed by atoms with Gasteiger partial charge in [0.25, 0.3) is 0 Å². The van der Waals surface area contributed by atoms with Gasteiger partial charge in [0.2, 0.25) is 0 Å². The number of ether oxygens (including phenoxy) is 1. The van der Waals surface area contributed by atoms with Gasteiger partial charge in [0.15, 0.2) is 0 Å². The molecule has 0 bridgehead atoms. The maximum Gasteiger partial charge on any atom is 0.0575 e. The molecule has 0 atom stereocenters. The minimum Gasteiger partial charge on any atom is -0.378 e. The van der Waals surface area contributed by atoms with Gasteiger partial charge in [0.05, 0.1) is 6.10 Å². The molecule has 2 aliphatic rings. The lowest BCUT2D eigenvalue weighted by Crippen LogP contribution is -2.28. The van der Waals surface area contributed by atoms with Crippen LogP contribution in [0.1, 0.15) is 149 Å². The molecule has 1 heteroatoms. The van der Waals surface area contributed by atoms with E-state index in [9.17, 15) is 0 Å². The third-order valence-corrected chi connectivity index (χ3v) is 8.09. The Hall–Kier alpha value is -0.0400. The lowest BCUT2D eigenvalue weighted by Gasteiger charge is -2.38. The van der Waals surface area contributed by atoms with E-state index in [0.29, 0.717) is 6.10 Å². The fourth-order valence-corrected chi connectivity index (χ4v) is 6.02. The molecular formula is C28H54O. The summed E-state index contributed by atoms with van der Waals surface area (Å²) >= 11 is 0. The van der Waals surface area contributed by atoms with E-state index in [4.69, 9.17) is 4.74 Å². The number of hydrogen-bond donors (Lipinski definition) is 0. The van der Waals surface area contributed by atoms with Crippen LogP contribution in [0.15, 0.2) is 0 Å². The highest BCUT2D eigenvalue weighted by molar-refractivity contribution is 4.82. The van der Waals surface area contributed by atoms with Crippen molar-refractivity contribution < 1.29 is 4.74 Å². The molecule has 0 unspecified atom stereocenters. The molecule has 2 rings (SSSR count). The molecule has 29 heavy (non-hydrogen) atoms. The van der Waals surface area contributed by atoms with Crippen molar-refractivity contribution in [3.8, 4) is 0 Å². The molecule has 0 N–H and O–H groups in total. The van der Waals surface area contributed by atoms with E-state index in [0.717, 1.165) is 24.4 Å². The largest absolute Gasteiger partial charge is 0.378 e. The normalized spacial score (nSPS) is 27.9. The van der Waals surface area contributed by atoms with Crippen LogP contribution in [0.5, 0.6) is 0 Å². The van der Waals surface area contributed by atoms with Crippen LogP contribution < -0.4 is 0 Å². The van der Waals surface area contributed by atoms with Gasteiger partial charge in [-0.15, -0.1) is 0 Å². The summed E-state index contributed by atoms with van der Waals surface area (Å²) in [6, 6.07) is 0. The van der Waals surface area contributed by atoms with E-state index in [1.54, 1.807) is 0 Å². The third kappa shape index (κ3) is 11.2. The van der Waals surface area contributed by atoms with Crippen molar-refractivity contribution in [2.45, 2.75) is 155 Å². The van der Waals surface area contributed by atoms with Crippen LogP contribution in [0.2, 0.25) is 0 Å². The summed E-state index contributed by atoms with van der Waals surface area (Å²) < 4.78 is 6.24. The fraction of sp³-hybridized carbons (Fsp3) is 1.00. The molecule has 1 nitrogen and oxygen atoms in total. The van der Waals surface area contributed by atoms with Crippen molar-refractivity contribution in [2.24, 2.45) is 17.8 Å². The maximum absolute atomic E-state index is 6.24. The molecule has 0 heterocycles. The lowest BCUT2D eigenvalue weighted by molar-refractivity contribution is 0.00526. The zero-order valence-corrected chi connectivity index (χ0v) is 20.3. The van der Waals surface area contributed by atoms with Crippen LogP contribution in [0.4, 0.5) is 0 Å². The minimum absolute atomic E-state index is 0.589. The van der Waals surface area contributed by atoms with Crippen LogP contribution in [-0.2, 0) is 4.74 Å². The molecule has 0 aromatic carbocycles. The van der Waals surface area contributed by atoms with Gasteiger partial charge < -0.3 is 4.74 Å². The Bertz CT molecular complexity index is 349. The number of rotatable bonds is 16. The predicted molar refractivity (Wildman–Crippen MR) is 129 cm³/mol. The van der Waals surface area contributed by atoms with Crippen molar-refractivity contribution in [3.63, 3.8) is 0 Å². The van der Waals surface area contributed by atoms with E-state index in [1.807, 2.05) is 0 Å². The Labute approximate surface area is 184 Å². The lowest BCUT2D eigenvalue weighted by atomic mass is 9.70. The van der Waals surface area contributed by atoms with Gasteiger partial charge in [-0.05, 0) is 62.7 Å². The Morgan fingerprint density at radius 3 is 1.59 bits per heavy atom. The standard InChI is InChI=1S/C28H54O/c1-3-5-7-9-10-12-14-24-29-28-22-20-27(21-23-28)26-18-16-25(17-19-26)15-13-11-8-6-4-2/h25-28H,3-24H2,1-2H3. The first-order valence-electron chi connectivity index (χ1n) is 13.9. The van der Waals surface area contributed by atoms with Crippen LogP contribution >= 0.6 is 0 Å². The number of unbranched alkanes of at least 4 members (excludes halogenated alkanes) is 10. The Balaban J connectivity index is 1.44. The smallest absolute Gasteiger partial charge is 0.0575 e. The summed E-state index contributed by atoms with van der Waals surface area (Å²) in [5.41, 5.74) is 0. The molecular weight excluding hydrogens is 352 g/mol. The molecule has 172 valence electrons. The van der Waals surface area contributed by atoms with Crippen LogP contribution in [-0.4, -0.2) is 12.7 Å². The summed E-state index contributed by atoms with van der Waals surface area (Å²) in [4.78, 5) is 0. The molecule has 2 aliphatic carbocycles. The third-order valence-electron chi connectivity index (χ3n) is 8.09. The molecule has 0 amide bonds. The second-order valence-electron chi connectivity index (χ2n) is 10.5. The second kappa shape index (κ2) is 16.6. The molecule has 0 spiro atoms. The van der Waals surface area contributed by atoms with E-state index >= 15 is 0 Å². The topological polar surface area (TPSA) is 9.23 Å². The van der Waals surface area contributed by atoms with Gasteiger partial charge >= 0.3 is 0 Å². The maximum atomic E-state index is 6.24. The van der Waals surface area contributed by atoms with Crippen LogP contribution in [0.3, 0.4) is 0 Å². The van der Waals surface area contributed by atoms with Gasteiger partial charge in [-0.25, -0.2) is 0 Å². The quantitative estimate of drug-likeness (QED) is 0.232. The zero-order chi connectivity index (χ0) is 20.6. The molecule has 0 aromatic rings. The molecule has 0 saturated heterocycles. The van der Waals surface area contributed by atoms with E-state index < -0.39 is 0 Å². The number of hydrogen-bond acceptors (Lipinski definition) is 1. The van der Waals surface area contributed by atoms with Crippen molar-refractivity contribution >= 4 is 0 Å². The Morgan fingerprint density at radius 2 is 1.00 bits per heavy atom. The van der Waals surface area contributed by atoms with Gasteiger partial charge in [0.1, 0.15) is 0 Å². The molecule has 2 fully saturated rings.